The zero-order valence-electron chi connectivity index (χ0n) is 8.42. The van der Waals surface area contributed by atoms with Gasteiger partial charge in [-0.25, -0.2) is 0 Å². The molecule has 0 atom stereocenters. The highest BCUT2D eigenvalue weighted by molar-refractivity contribution is 5.58. The van der Waals surface area contributed by atoms with Crippen molar-refractivity contribution in [2.45, 2.75) is 20.3 Å². The number of nitrogen functional groups attached to an aromatic ring is 1. The van der Waals surface area contributed by atoms with Crippen molar-refractivity contribution in [1.29, 1.82) is 0 Å². The smallest absolute Gasteiger partial charge is 0.131 e. The summed E-state index contributed by atoms with van der Waals surface area (Å²) in [6.45, 7) is 3.93. The number of hydrogen-bond acceptors (Lipinski definition) is 2. The molecule has 0 saturated heterocycles. The Morgan fingerprint density at radius 1 is 1.36 bits per heavy atom. The molecule has 0 aromatic heterocycles. The van der Waals surface area contributed by atoms with E-state index in [0.717, 1.165) is 28.7 Å². The lowest BCUT2D eigenvalue weighted by atomic mass is 10.0. The van der Waals surface area contributed by atoms with Crippen molar-refractivity contribution in [2.24, 2.45) is 0 Å². The Balaban J connectivity index is 3.10. The summed E-state index contributed by atoms with van der Waals surface area (Å²) in [7, 11) is 0. The van der Waals surface area contributed by atoms with Crippen LogP contribution in [0.5, 0.6) is 0 Å². The van der Waals surface area contributed by atoms with Crippen LogP contribution in [0, 0.1) is 25.7 Å². The zero-order chi connectivity index (χ0) is 10.6. The fourth-order valence-corrected chi connectivity index (χ4v) is 1.38. The van der Waals surface area contributed by atoms with Crippen LogP contribution in [0.1, 0.15) is 23.1 Å². The summed E-state index contributed by atoms with van der Waals surface area (Å²) in [5, 5.41) is 0. The third-order valence-corrected chi connectivity index (χ3v) is 1.95. The molecular weight excluding hydrogens is 174 g/mol. The average Bonchev–Trinajstić information content (AvgIpc) is 2.09. The van der Waals surface area contributed by atoms with Gasteiger partial charge in [-0.05, 0) is 37.1 Å². The van der Waals surface area contributed by atoms with Gasteiger partial charge in [0.25, 0.3) is 0 Å². The summed E-state index contributed by atoms with van der Waals surface area (Å²) in [5.41, 5.74) is 9.52. The fourth-order valence-electron chi connectivity index (χ4n) is 1.38. The highest BCUT2D eigenvalue weighted by Crippen LogP contribution is 2.16. The number of aryl methyl sites for hydroxylation is 2. The quantitative estimate of drug-likeness (QED) is 0.414. The van der Waals surface area contributed by atoms with Crippen molar-refractivity contribution >= 4 is 12.0 Å². The number of benzene rings is 1. The third-order valence-electron chi connectivity index (χ3n) is 1.95. The standard InChI is InChI=1S/C12H13NO/c1-9-7-11(13)8-10(2)12(9)5-3-4-6-14/h6-8H,4,13H2,1-2H3. The number of nitrogens with two attached hydrogens (primary N) is 1. The Bertz CT molecular complexity index is 387. The number of aldehydes is 1. The van der Waals surface area contributed by atoms with Crippen molar-refractivity contribution in [1.82, 2.24) is 0 Å². The minimum Gasteiger partial charge on any atom is -0.399 e. The molecular formula is C12H13NO. The lowest BCUT2D eigenvalue weighted by Gasteiger charge is -2.04. The number of carbonyl (C=O) groups is 1. The van der Waals surface area contributed by atoms with Crippen LogP contribution in [-0.2, 0) is 4.79 Å². The first-order valence-corrected chi connectivity index (χ1v) is 4.44. The summed E-state index contributed by atoms with van der Waals surface area (Å²) in [6, 6.07) is 3.77. The highest BCUT2D eigenvalue weighted by atomic mass is 16.1. The van der Waals surface area contributed by atoms with E-state index in [1.54, 1.807) is 0 Å². The van der Waals surface area contributed by atoms with Gasteiger partial charge in [-0.15, -0.1) is 0 Å². The molecule has 0 aliphatic carbocycles. The van der Waals surface area contributed by atoms with Crippen molar-refractivity contribution in [3.63, 3.8) is 0 Å². The molecule has 1 aromatic rings. The van der Waals surface area contributed by atoms with Crippen LogP contribution in [0.2, 0.25) is 0 Å². The lowest BCUT2D eigenvalue weighted by Crippen LogP contribution is -1.92. The molecule has 1 rings (SSSR count). The van der Waals surface area contributed by atoms with Gasteiger partial charge in [0, 0.05) is 11.3 Å². The Labute approximate surface area is 84.1 Å². The second-order valence-corrected chi connectivity index (χ2v) is 3.20. The maximum atomic E-state index is 10.1. The summed E-state index contributed by atoms with van der Waals surface area (Å²) < 4.78 is 0. The van der Waals surface area contributed by atoms with Crippen molar-refractivity contribution in [3.8, 4) is 11.8 Å². The maximum Gasteiger partial charge on any atom is 0.131 e. The van der Waals surface area contributed by atoms with E-state index >= 15 is 0 Å². The van der Waals surface area contributed by atoms with Gasteiger partial charge < -0.3 is 10.5 Å². The number of hydrogen-bond donors (Lipinski definition) is 1. The average molecular weight is 187 g/mol. The molecule has 0 fully saturated rings. The van der Waals surface area contributed by atoms with Crippen molar-refractivity contribution in [2.75, 3.05) is 5.73 Å². The Kier molecular flexibility index (Phi) is 3.30. The van der Waals surface area contributed by atoms with Crippen LogP contribution in [0.3, 0.4) is 0 Å². The van der Waals surface area contributed by atoms with E-state index < -0.39 is 0 Å². The number of rotatable bonds is 1. The SMILES string of the molecule is Cc1cc(N)cc(C)c1C#CCC=O. The second-order valence-electron chi connectivity index (χ2n) is 3.20. The van der Waals surface area contributed by atoms with Gasteiger partial charge in [0.2, 0.25) is 0 Å². The van der Waals surface area contributed by atoms with E-state index in [0.29, 0.717) is 0 Å². The molecule has 14 heavy (non-hydrogen) atoms. The molecule has 2 nitrogen and oxygen atoms in total. The molecule has 0 aliphatic rings. The van der Waals surface area contributed by atoms with Crippen LogP contribution in [0.15, 0.2) is 12.1 Å². The summed E-state index contributed by atoms with van der Waals surface area (Å²) in [6.07, 6.45) is 1.08. The van der Waals surface area contributed by atoms with Gasteiger partial charge in [-0.3, -0.25) is 0 Å². The Morgan fingerprint density at radius 2 is 1.93 bits per heavy atom. The topological polar surface area (TPSA) is 43.1 Å². The highest BCUT2D eigenvalue weighted by Gasteiger charge is 2.00. The number of anilines is 1. The van der Waals surface area contributed by atoms with E-state index in [2.05, 4.69) is 11.8 Å². The van der Waals surface area contributed by atoms with Crippen molar-refractivity contribution in [3.05, 3.63) is 28.8 Å². The van der Waals surface area contributed by atoms with E-state index in [-0.39, 0.29) is 6.42 Å². The summed E-state index contributed by atoms with van der Waals surface area (Å²) >= 11 is 0. The summed E-state index contributed by atoms with van der Waals surface area (Å²) in [4.78, 5) is 10.1. The molecule has 0 radical (unpaired) electrons. The van der Waals surface area contributed by atoms with Crippen molar-refractivity contribution < 1.29 is 4.79 Å². The molecule has 0 spiro atoms. The fraction of sp³-hybridized carbons (Fsp3) is 0.250. The van der Waals surface area contributed by atoms with Gasteiger partial charge in [-0.2, -0.15) is 0 Å². The zero-order valence-corrected chi connectivity index (χ0v) is 8.42. The Hall–Kier alpha value is -1.75. The van der Waals surface area contributed by atoms with Gasteiger partial charge in [0.15, 0.2) is 0 Å². The predicted molar refractivity (Wildman–Crippen MR) is 57.9 cm³/mol. The monoisotopic (exact) mass is 187 g/mol. The van der Waals surface area contributed by atoms with Gasteiger partial charge in [-0.1, -0.05) is 11.8 Å². The lowest BCUT2D eigenvalue weighted by molar-refractivity contribution is -0.107. The summed E-state index contributed by atoms with van der Waals surface area (Å²) in [5.74, 6) is 5.77. The molecule has 0 bridgehead atoms. The van der Waals surface area contributed by atoms with Gasteiger partial charge >= 0.3 is 0 Å². The molecule has 0 amide bonds. The minimum absolute atomic E-state index is 0.281. The van der Waals surface area contributed by atoms with E-state index in [1.807, 2.05) is 26.0 Å². The van der Waals surface area contributed by atoms with Gasteiger partial charge in [0.1, 0.15) is 6.29 Å². The first-order chi connectivity index (χ1) is 6.65. The first-order valence-electron chi connectivity index (χ1n) is 4.44. The normalized spacial score (nSPS) is 9.00. The molecule has 0 heterocycles. The Morgan fingerprint density at radius 3 is 2.43 bits per heavy atom. The molecule has 72 valence electrons. The largest absolute Gasteiger partial charge is 0.399 e. The second kappa shape index (κ2) is 4.48. The first kappa shape index (κ1) is 10.3. The van der Waals surface area contributed by atoms with Crippen LogP contribution >= 0.6 is 0 Å². The molecule has 0 unspecified atom stereocenters. The molecule has 1 aromatic carbocycles. The van der Waals surface area contributed by atoms with E-state index in [1.165, 1.54) is 0 Å². The maximum absolute atomic E-state index is 10.1. The number of carbonyl (C=O) groups excluding carboxylic acids is 1. The minimum atomic E-state index is 0.281. The molecule has 0 saturated carbocycles. The molecule has 0 aliphatic heterocycles. The van der Waals surface area contributed by atoms with Crippen LogP contribution in [0.4, 0.5) is 5.69 Å². The van der Waals surface area contributed by atoms with Crippen LogP contribution in [-0.4, -0.2) is 6.29 Å². The van der Waals surface area contributed by atoms with E-state index in [4.69, 9.17) is 5.73 Å². The van der Waals surface area contributed by atoms with E-state index in [9.17, 15) is 4.79 Å². The third kappa shape index (κ3) is 2.37. The van der Waals surface area contributed by atoms with Gasteiger partial charge in [0.05, 0.1) is 6.42 Å². The van der Waals surface area contributed by atoms with Crippen LogP contribution < -0.4 is 5.73 Å². The van der Waals surface area contributed by atoms with Crippen LogP contribution in [0.25, 0.3) is 0 Å². The molecule has 2 N–H and O–H groups in total. The molecule has 2 heteroatoms. The predicted octanol–water partition coefficient (Wildman–Crippen LogP) is 1.83.